The van der Waals surface area contributed by atoms with Crippen molar-refractivity contribution in [1.82, 2.24) is 0 Å². The highest BCUT2D eigenvalue weighted by molar-refractivity contribution is 6.75. The molecular weight excluding hydrogens is 596 g/mol. The quantitative estimate of drug-likeness (QED) is 0.0686. The number of aliphatic carboxylic acids is 1. The second kappa shape index (κ2) is 15.1. The van der Waals surface area contributed by atoms with Gasteiger partial charge in [0.15, 0.2) is 16.6 Å². The van der Waals surface area contributed by atoms with Gasteiger partial charge in [-0.15, -0.1) is 5.73 Å². The molecule has 0 aromatic heterocycles. The van der Waals surface area contributed by atoms with Crippen LogP contribution in [-0.4, -0.2) is 51.3 Å². The molecule has 0 aliphatic heterocycles. The molecule has 0 spiro atoms. The highest BCUT2D eigenvalue weighted by Crippen LogP contribution is 2.45. The average Bonchev–Trinajstić information content (AvgIpc) is 3.21. The van der Waals surface area contributed by atoms with Gasteiger partial charge in [0.05, 0.1) is 12.7 Å². The molecule has 6 nitrogen and oxygen atoms in total. The zero-order chi connectivity index (χ0) is 32.7. The lowest BCUT2D eigenvalue weighted by atomic mass is 9.91. The SMILES string of the molecule is CC(C)(C)[Si](C)(C)OC(CC=C=CC[C@H]1[C@@H](O)CC[C@@H]1C=CCCOc1ccc(Cl)cc1)(O[Si](C)(C)C(C)(C)C)C(=O)O. The van der Waals surface area contributed by atoms with Crippen LogP contribution in [0, 0.1) is 11.8 Å². The molecule has 2 rings (SSSR count). The van der Waals surface area contributed by atoms with Crippen molar-refractivity contribution in [2.75, 3.05) is 6.61 Å². The Bertz CT molecular complexity index is 1110. The van der Waals surface area contributed by atoms with E-state index in [1.807, 2.05) is 30.3 Å². The topological polar surface area (TPSA) is 85.2 Å². The molecule has 1 aromatic carbocycles. The van der Waals surface area contributed by atoms with Crippen LogP contribution < -0.4 is 4.74 Å². The number of carboxylic acids is 1. The first-order valence-corrected chi connectivity index (χ1v) is 21.7. The molecule has 242 valence electrons. The average molecular weight is 651 g/mol. The molecule has 3 atom stereocenters. The Morgan fingerprint density at radius 2 is 1.53 bits per heavy atom. The van der Waals surface area contributed by atoms with E-state index in [-0.39, 0.29) is 34.4 Å². The molecule has 0 heterocycles. The Morgan fingerprint density at radius 1 is 0.977 bits per heavy atom. The summed E-state index contributed by atoms with van der Waals surface area (Å²) in [5.41, 5.74) is 3.20. The molecule has 9 heteroatoms. The number of hydrogen-bond acceptors (Lipinski definition) is 5. The van der Waals surface area contributed by atoms with Crippen molar-refractivity contribution in [3.63, 3.8) is 0 Å². The molecule has 1 aliphatic carbocycles. The lowest BCUT2D eigenvalue weighted by Gasteiger charge is -2.48. The number of allylic oxidation sites excluding steroid dienone is 1. The maximum absolute atomic E-state index is 12.9. The highest BCUT2D eigenvalue weighted by atomic mass is 35.5. The van der Waals surface area contributed by atoms with Crippen LogP contribution in [0.2, 0.25) is 41.3 Å². The number of halogens is 1. The van der Waals surface area contributed by atoms with Crippen LogP contribution in [0.3, 0.4) is 0 Å². The Hall–Kier alpha value is -1.65. The zero-order valence-corrected chi connectivity index (χ0v) is 30.8. The fraction of sp³-hybridized carbons (Fsp3) is 0.647. The lowest BCUT2D eigenvalue weighted by molar-refractivity contribution is -0.191. The number of hydrogen-bond donors (Lipinski definition) is 2. The Balaban J connectivity index is 2.13. The van der Waals surface area contributed by atoms with E-state index in [0.29, 0.717) is 18.1 Å². The first-order chi connectivity index (χ1) is 19.7. The Labute approximate surface area is 267 Å². The van der Waals surface area contributed by atoms with E-state index in [4.69, 9.17) is 25.2 Å². The van der Waals surface area contributed by atoms with Gasteiger partial charge in [-0.2, -0.15) is 0 Å². The fourth-order valence-corrected chi connectivity index (χ4v) is 7.48. The van der Waals surface area contributed by atoms with Crippen LogP contribution >= 0.6 is 11.6 Å². The number of carbonyl (C=O) groups is 1. The summed E-state index contributed by atoms with van der Waals surface area (Å²) in [6, 6.07) is 7.33. The third-order valence-corrected chi connectivity index (χ3v) is 18.5. The maximum atomic E-state index is 12.9. The van der Waals surface area contributed by atoms with E-state index in [0.717, 1.165) is 25.0 Å². The summed E-state index contributed by atoms with van der Waals surface area (Å²) >= 11 is 5.93. The van der Waals surface area contributed by atoms with Crippen molar-refractivity contribution in [1.29, 1.82) is 0 Å². The Morgan fingerprint density at radius 3 is 2.05 bits per heavy atom. The summed E-state index contributed by atoms with van der Waals surface area (Å²) in [4.78, 5) is 12.9. The first kappa shape index (κ1) is 37.5. The normalized spacial score (nSPS) is 20.2. The van der Waals surface area contributed by atoms with Gasteiger partial charge in [0.1, 0.15) is 5.75 Å². The minimum atomic E-state index is -2.51. The van der Waals surface area contributed by atoms with Gasteiger partial charge in [-0.3, -0.25) is 0 Å². The summed E-state index contributed by atoms with van der Waals surface area (Å²) in [6.07, 6.45) is 10.8. The van der Waals surface area contributed by atoms with E-state index in [1.54, 1.807) is 6.08 Å². The van der Waals surface area contributed by atoms with Gasteiger partial charge in [0, 0.05) is 11.4 Å². The van der Waals surface area contributed by atoms with E-state index in [2.05, 4.69) is 85.6 Å². The van der Waals surface area contributed by atoms with Crippen molar-refractivity contribution in [2.24, 2.45) is 11.8 Å². The molecule has 0 unspecified atom stereocenters. The van der Waals surface area contributed by atoms with Crippen molar-refractivity contribution in [3.8, 4) is 5.75 Å². The van der Waals surface area contributed by atoms with Gasteiger partial charge < -0.3 is 23.8 Å². The minimum absolute atomic E-state index is 0.0576. The predicted octanol–water partition coefficient (Wildman–Crippen LogP) is 9.37. The number of aliphatic hydroxyl groups is 1. The van der Waals surface area contributed by atoms with Gasteiger partial charge in [-0.25, -0.2) is 4.79 Å². The molecule has 1 aliphatic rings. The standard InChI is InChI=1S/C34H55ClO6Si2/c1-32(2,3)42(7,8)40-34(31(37)38,41-43(9,10)33(4,5)6)24-14-11-12-17-29-26(18-23-30(29)36)16-13-15-25-39-28-21-19-27(35)20-22-28/h12-14,16,19-22,26,29-30,36H,15,17-18,23-25H2,1-10H3,(H,37,38)/t11?,26-,29+,30-/m0/s1. The summed E-state index contributed by atoms with van der Waals surface area (Å²) < 4.78 is 19.0. The third-order valence-electron chi connectivity index (χ3n) is 9.36. The smallest absolute Gasteiger partial charge is 0.362 e. The number of rotatable bonds is 14. The van der Waals surface area contributed by atoms with Crippen LogP contribution in [0.15, 0.2) is 54.3 Å². The molecule has 1 aromatic rings. The maximum Gasteiger partial charge on any atom is 0.362 e. The van der Waals surface area contributed by atoms with Crippen LogP contribution in [0.1, 0.15) is 73.6 Å². The summed E-state index contributed by atoms with van der Waals surface area (Å²) in [5, 5.41) is 21.5. The van der Waals surface area contributed by atoms with Crippen molar-refractivity contribution in [3.05, 3.63) is 59.3 Å². The monoisotopic (exact) mass is 650 g/mol. The zero-order valence-electron chi connectivity index (χ0n) is 28.0. The van der Waals surface area contributed by atoms with Gasteiger partial charge in [-0.1, -0.05) is 65.3 Å². The Kier molecular flexibility index (Phi) is 13.2. The number of ether oxygens (including phenoxy) is 1. The van der Waals surface area contributed by atoms with E-state index in [1.165, 1.54) is 0 Å². The van der Waals surface area contributed by atoms with Crippen molar-refractivity contribution >= 4 is 34.2 Å². The molecule has 0 bridgehead atoms. The van der Waals surface area contributed by atoms with Gasteiger partial charge in [0.2, 0.25) is 0 Å². The highest BCUT2D eigenvalue weighted by Gasteiger charge is 2.54. The molecule has 1 fully saturated rings. The summed E-state index contributed by atoms with van der Waals surface area (Å²) in [7, 11) is -5.01. The molecule has 0 amide bonds. The van der Waals surface area contributed by atoms with Crippen LogP contribution in [0.5, 0.6) is 5.75 Å². The van der Waals surface area contributed by atoms with Crippen molar-refractivity contribution < 1.29 is 28.6 Å². The van der Waals surface area contributed by atoms with Crippen LogP contribution in [0.25, 0.3) is 0 Å². The largest absolute Gasteiger partial charge is 0.493 e. The minimum Gasteiger partial charge on any atom is -0.493 e. The number of carboxylic acid groups (broad SMARTS) is 1. The fourth-order valence-electron chi connectivity index (χ4n) is 4.58. The molecule has 0 radical (unpaired) electrons. The van der Waals surface area contributed by atoms with Gasteiger partial charge in [-0.05, 0) is 110 Å². The molecule has 2 N–H and O–H groups in total. The van der Waals surface area contributed by atoms with E-state index in [9.17, 15) is 15.0 Å². The molecule has 43 heavy (non-hydrogen) atoms. The molecule has 1 saturated carbocycles. The van der Waals surface area contributed by atoms with E-state index >= 15 is 0 Å². The predicted molar refractivity (Wildman–Crippen MR) is 182 cm³/mol. The molecular formula is C34H55ClO6Si2. The van der Waals surface area contributed by atoms with Gasteiger partial charge in [0.25, 0.3) is 5.79 Å². The van der Waals surface area contributed by atoms with Crippen LogP contribution in [-0.2, 0) is 13.6 Å². The number of benzene rings is 1. The number of aliphatic hydroxyl groups excluding tert-OH is 1. The summed E-state index contributed by atoms with van der Waals surface area (Å²) in [6.45, 7) is 21.4. The lowest BCUT2D eigenvalue weighted by Crippen LogP contribution is -2.60. The second-order valence-corrected chi connectivity index (χ2v) is 24.7. The molecule has 0 saturated heterocycles. The van der Waals surface area contributed by atoms with Crippen LogP contribution in [0.4, 0.5) is 0 Å². The van der Waals surface area contributed by atoms with Crippen molar-refractivity contribution in [2.45, 2.75) is 122 Å². The third kappa shape index (κ3) is 10.7. The van der Waals surface area contributed by atoms with E-state index < -0.39 is 28.4 Å². The summed E-state index contributed by atoms with van der Waals surface area (Å²) in [5.74, 6) is -1.73. The first-order valence-electron chi connectivity index (χ1n) is 15.5. The second-order valence-electron chi connectivity index (χ2n) is 14.8. The van der Waals surface area contributed by atoms with Gasteiger partial charge >= 0.3 is 5.97 Å².